The first-order valence-corrected chi connectivity index (χ1v) is 4.98. The van der Waals surface area contributed by atoms with Crippen LogP contribution in [0.5, 0.6) is 0 Å². The van der Waals surface area contributed by atoms with E-state index in [9.17, 15) is 4.79 Å². The SMILES string of the molecule is CCC(C)OC(=O)[C@@H](N)C(C)CC. The molecule has 0 aliphatic rings. The van der Waals surface area contributed by atoms with E-state index in [2.05, 4.69) is 0 Å². The average Bonchev–Trinajstić information content (AvgIpc) is 2.14. The van der Waals surface area contributed by atoms with Crippen LogP contribution in [0.1, 0.15) is 40.5 Å². The molecule has 2 unspecified atom stereocenters. The van der Waals surface area contributed by atoms with E-state index in [4.69, 9.17) is 10.5 Å². The van der Waals surface area contributed by atoms with E-state index >= 15 is 0 Å². The molecule has 0 bridgehead atoms. The molecule has 2 N–H and O–H groups in total. The highest BCUT2D eigenvalue weighted by molar-refractivity contribution is 5.75. The standard InChI is InChI=1S/C10H21NO2/c1-5-7(3)9(11)10(12)13-8(4)6-2/h7-9H,5-6,11H2,1-4H3/t7?,8?,9-/m0/s1. The minimum absolute atomic E-state index is 0.0254. The molecular weight excluding hydrogens is 166 g/mol. The first-order valence-electron chi connectivity index (χ1n) is 4.98. The van der Waals surface area contributed by atoms with Crippen molar-refractivity contribution in [3.8, 4) is 0 Å². The maximum atomic E-state index is 11.4. The molecular formula is C10H21NO2. The lowest BCUT2D eigenvalue weighted by molar-refractivity contribution is -0.151. The van der Waals surface area contributed by atoms with Crippen LogP contribution < -0.4 is 5.73 Å². The first-order chi connectivity index (χ1) is 6.02. The summed E-state index contributed by atoms with van der Waals surface area (Å²) in [5.74, 6) is -0.0831. The molecule has 0 aromatic heterocycles. The van der Waals surface area contributed by atoms with Crippen LogP contribution in [0, 0.1) is 5.92 Å². The molecule has 0 amide bonds. The summed E-state index contributed by atoms with van der Waals surface area (Å²) in [5, 5.41) is 0. The third-order valence-corrected chi connectivity index (χ3v) is 2.42. The third-order valence-electron chi connectivity index (χ3n) is 2.42. The number of carbonyl (C=O) groups is 1. The van der Waals surface area contributed by atoms with Crippen LogP contribution in [-0.2, 0) is 9.53 Å². The Morgan fingerprint density at radius 2 is 1.85 bits per heavy atom. The fourth-order valence-electron chi connectivity index (χ4n) is 0.846. The summed E-state index contributed by atoms with van der Waals surface area (Å²) in [6.45, 7) is 7.83. The van der Waals surface area contributed by atoms with Gasteiger partial charge in [0.2, 0.25) is 0 Å². The zero-order chi connectivity index (χ0) is 10.4. The Morgan fingerprint density at radius 1 is 1.31 bits per heavy atom. The van der Waals surface area contributed by atoms with Crippen LogP contribution in [0.2, 0.25) is 0 Å². The maximum absolute atomic E-state index is 11.4. The predicted molar refractivity (Wildman–Crippen MR) is 53.3 cm³/mol. The first kappa shape index (κ1) is 12.4. The second kappa shape index (κ2) is 5.97. The molecule has 3 atom stereocenters. The molecule has 0 aromatic rings. The van der Waals surface area contributed by atoms with Gasteiger partial charge in [-0.1, -0.05) is 27.2 Å². The Bertz CT molecular complexity index is 159. The van der Waals surface area contributed by atoms with Crippen molar-refractivity contribution in [2.45, 2.75) is 52.7 Å². The number of esters is 1. The van der Waals surface area contributed by atoms with Gasteiger partial charge in [0.1, 0.15) is 6.04 Å². The van der Waals surface area contributed by atoms with Crippen LogP contribution in [0.25, 0.3) is 0 Å². The van der Waals surface area contributed by atoms with Gasteiger partial charge in [0.15, 0.2) is 0 Å². The Kier molecular flexibility index (Phi) is 5.71. The number of carbonyl (C=O) groups excluding carboxylic acids is 1. The summed E-state index contributed by atoms with van der Waals surface area (Å²) in [4.78, 5) is 11.4. The van der Waals surface area contributed by atoms with Crippen molar-refractivity contribution in [2.24, 2.45) is 11.7 Å². The molecule has 0 aromatic carbocycles. The van der Waals surface area contributed by atoms with Gasteiger partial charge < -0.3 is 10.5 Å². The van der Waals surface area contributed by atoms with Gasteiger partial charge in [-0.3, -0.25) is 4.79 Å². The number of ether oxygens (including phenoxy) is 1. The number of nitrogens with two attached hydrogens (primary N) is 1. The van der Waals surface area contributed by atoms with E-state index < -0.39 is 6.04 Å². The van der Waals surface area contributed by atoms with Crippen molar-refractivity contribution in [3.05, 3.63) is 0 Å². The van der Waals surface area contributed by atoms with Gasteiger partial charge in [0, 0.05) is 0 Å². The zero-order valence-corrected chi connectivity index (χ0v) is 9.04. The molecule has 0 spiro atoms. The molecule has 0 aliphatic carbocycles. The molecule has 0 saturated heterocycles. The van der Waals surface area contributed by atoms with Crippen LogP contribution >= 0.6 is 0 Å². The molecule has 0 aliphatic heterocycles. The minimum atomic E-state index is -0.473. The highest BCUT2D eigenvalue weighted by atomic mass is 16.5. The van der Waals surface area contributed by atoms with Crippen molar-refractivity contribution in [1.29, 1.82) is 0 Å². The Balaban J connectivity index is 3.96. The summed E-state index contributed by atoms with van der Waals surface area (Å²) in [6, 6.07) is -0.473. The van der Waals surface area contributed by atoms with Crippen molar-refractivity contribution < 1.29 is 9.53 Å². The zero-order valence-electron chi connectivity index (χ0n) is 9.04. The fraction of sp³-hybridized carbons (Fsp3) is 0.900. The normalized spacial score (nSPS) is 17.6. The monoisotopic (exact) mass is 187 g/mol. The second-order valence-electron chi connectivity index (χ2n) is 3.57. The maximum Gasteiger partial charge on any atom is 0.323 e. The Morgan fingerprint density at radius 3 is 2.23 bits per heavy atom. The highest BCUT2D eigenvalue weighted by Crippen LogP contribution is 2.08. The van der Waals surface area contributed by atoms with E-state index in [0.717, 1.165) is 12.8 Å². The lowest BCUT2D eigenvalue weighted by Gasteiger charge is -2.19. The van der Waals surface area contributed by atoms with Gasteiger partial charge in [0.05, 0.1) is 6.10 Å². The topological polar surface area (TPSA) is 52.3 Å². The lowest BCUT2D eigenvalue weighted by Crippen LogP contribution is -2.39. The molecule has 13 heavy (non-hydrogen) atoms. The van der Waals surface area contributed by atoms with Crippen LogP contribution in [0.15, 0.2) is 0 Å². The summed E-state index contributed by atoms with van der Waals surface area (Å²) < 4.78 is 5.12. The largest absolute Gasteiger partial charge is 0.462 e. The highest BCUT2D eigenvalue weighted by Gasteiger charge is 2.21. The number of rotatable bonds is 5. The average molecular weight is 187 g/mol. The smallest absolute Gasteiger partial charge is 0.323 e. The lowest BCUT2D eigenvalue weighted by atomic mass is 10.0. The van der Waals surface area contributed by atoms with Crippen molar-refractivity contribution in [1.82, 2.24) is 0 Å². The van der Waals surface area contributed by atoms with E-state index in [-0.39, 0.29) is 18.0 Å². The van der Waals surface area contributed by atoms with Gasteiger partial charge in [-0.25, -0.2) is 0 Å². The van der Waals surface area contributed by atoms with E-state index in [1.54, 1.807) is 0 Å². The molecule has 3 nitrogen and oxygen atoms in total. The Labute approximate surface area is 80.6 Å². The molecule has 3 heteroatoms. The summed E-state index contributed by atoms with van der Waals surface area (Å²) >= 11 is 0. The predicted octanol–water partition coefficient (Wildman–Crippen LogP) is 1.70. The van der Waals surface area contributed by atoms with Crippen molar-refractivity contribution >= 4 is 5.97 Å². The Hall–Kier alpha value is -0.570. The summed E-state index contributed by atoms with van der Waals surface area (Å²) in [6.07, 6.45) is 1.71. The van der Waals surface area contributed by atoms with Gasteiger partial charge >= 0.3 is 5.97 Å². The van der Waals surface area contributed by atoms with Gasteiger partial charge in [0.25, 0.3) is 0 Å². The second-order valence-corrected chi connectivity index (χ2v) is 3.57. The number of hydrogen-bond donors (Lipinski definition) is 1. The van der Waals surface area contributed by atoms with Gasteiger partial charge in [-0.15, -0.1) is 0 Å². The van der Waals surface area contributed by atoms with E-state index in [0.29, 0.717) is 0 Å². The van der Waals surface area contributed by atoms with Crippen LogP contribution in [0.4, 0.5) is 0 Å². The van der Waals surface area contributed by atoms with Crippen molar-refractivity contribution in [3.63, 3.8) is 0 Å². The molecule has 0 rings (SSSR count). The van der Waals surface area contributed by atoms with Gasteiger partial charge in [-0.05, 0) is 19.3 Å². The molecule has 0 saturated carbocycles. The quantitative estimate of drug-likeness (QED) is 0.666. The minimum Gasteiger partial charge on any atom is -0.462 e. The van der Waals surface area contributed by atoms with E-state index in [1.165, 1.54) is 0 Å². The third kappa shape index (κ3) is 4.27. The molecule has 0 radical (unpaired) electrons. The number of hydrogen-bond acceptors (Lipinski definition) is 3. The molecule has 0 fully saturated rings. The van der Waals surface area contributed by atoms with E-state index in [1.807, 2.05) is 27.7 Å². The summed E-state index contributed by atoms with van der Waals surface area (Å²) in [7, 11) is 0. The van der Waals surface area contributed by atoms with Crippen LogP contribution in [0.3, 0.4) is 0 Å². The fourth-order valence-corrected chi connectivity index (χ4v) is 0.846. The summed E-state index contributed by atoms with van der Waals surface area (Å²) in [5.41, 5.74) is 5.70. The van der Waals surface area contributed by atoms with Crippen molar-refractivity contribution in [2.75, 3.05) is 0 Å². The molecule has 78 valence electrons. The van der Waals surface area contributed by atoms with Gasteiger partial charge in [-0.2, -0.15) is 0 Å². The van der Waals surface area contributed by atoms with Crippen LogP contribution in [-0.4, -0.2) is 18.1 Å². The molecule has 0 heterocycles.